The molecule has 0 aliphatic heterocycles. The van der Waals surface area contributed by atoms with Crippen LogP contribution < -0.4 is 0 Å². The quantitative estimate of drug-likeness (QED) is 0.639. The van der Waals surface area contributed by atoms with E-state index in [0.29, 0.717) is 5.41 Å². The van der Waals surface area contributed by atoms with E-state index >= 15 is 0 Å². The fourth-order valence-electron chi connectivity index (χ4n) is 3.61. The molecule has 2 aromatic carbocycles. The Morgan fingerprint density at radius 1 is 0.619 bits per heavy atom. The average Bonchev–Trinajstić information content (AvgIpc) is 2.75. The van der Waals surface area contributed by atoms with E-state index in [-0.39, 0.29) is 0 Å². The molecule has 0 spiro atoms. The van der Waals surface area contributed by atoms with Crippen molar-refractivity contribution in [3.8, 4) is 0 Å². The first-order valence-corrected chi connectivity index (χ1v) is 8.09. The zero-order valence-electron chi connectivity index (χ0n) is 12.7. The highest BCUT2D eigenvalue weighted by Crippen LogP contribution is 2.39. The van der Waals surface area contributed by atoms with Gasteiger partial charge in [0.2, 0.25) is 0 Å². The minimum absolute atomic E-state index is 0.409. The summed E-state index contributed by atoms with van der Waals surface area (Å²) in [5, 5.41) is 0. The molecule has 0 radical (unpaired) electrons. The van der Waals surface area contributed by atoms with Crippen LogP contribution in [0.4, 0.5) is 0 Å². The summed E-state index contributed by atoms with van der Waals surface area (Å²) in [6.45, 7) is 0. The Labute approximate surface area is 128 Å². The van der Waals surface area contributed by atoms with Crippen LogP contribution in [0.15, 0.2) is 72.8 Å². The van der Waals surface area contributed by atoms with Gasteiger partial charge < -0.3 is 0 Å². The van der Waals surface area contributed by atoms with Crippen molar-refractivity contribution >= 4 is 0 Å². The fourth-order valence-corrected chi connectivity index (χ4v) is 3.61. The van der Waals surface area contributed by atoms with Crippen molar-refractivity contribution in [1.82, 2.24) is 0 Å². The molecule has 0 N–H and O–H groups in total. The SMILES string of the molecule is C1=CCCC(Cc2ccccc2)(Cc2ccccc2)CC1. The maximum atomic E-state index is 2.37. The van der Waals surface area contributed by atoms with Gasteiger partial charge in [-0.3, -0.25) is 0 Å². The van der Waals surface area contributed by atoms with Crippen molar-refractivity contribution in [3.63, 3.8) is 0 Å². The van der Waals surface area contributed by atoms with E-state index < -0.39 is 0 Å². The zero-order chi connectivity index (χ0) is 14.4. The molecule has 3 rings (SSSR count). The molecule has 0 amide bonds. The second kappa shape index (κ2) is 6.76. The summed E-state index contributed by atoms with van der Waals surface area (Å²) in [6.07, 6.45) is 12.2. The van der Waals surface area contributed by atoms with Crippen molar-refractivity contribution in [2.24, 2.45) is 5.41 Å². The summed E-state index contributed by atoms with van der Waals surface area (Å²) < 4.78 is 0. The second-order valence-electron chi connectivity index (χ2n) is 6.37. The number of allylic oxidation sites excluding steroid dienone is 2. The van der Waals surface area contributed by atoms with Gasteiger partial charge in [0.05, 0.1) is 0 Å². The third-order valence-corrected chi connectivity index (χ3v) is 4.69. The van der Waals surface area contributed by atoms with Crippen LogP contribution in [0.25, 0.3) is 0 Å². The topological polar surface area (TPSA) is 0 Å². The van der Waals surface area contributed by atoms with Gasteiger partial charge in [0, 0.05) is 0 Å². The average molecular weight is 276 g/mol. The van der Waals surface area contributed by atoms with Crippen LogP contribution in [0.3, 0.4) is 0 Å². The summed E-state index contributed by atoms with van der Waals surface area (Å²) >= 11 is 0. The molecule has 0 atom stereocenters. The smallest absolute Gasteiger partial charge is 0.0211 e. The van der Waals surface area contributed by atoms with Gasteiger partial charge in [-0.25, -0.2) is 0 Å². The minimum Gasteiger partial charge on any atom is -0.0885 e. The monoisotopic (exact) mass is 276 g/mol. The van der Waals surface area contributed by atoms with E-state index in [1.54, 1.807) is 0 Å². The zero-order valence-corrected chi connectivity index (χ0v) is 12.7. The Morgan fingerprint density at radius 3 is 1.48 bits per heavy atom. The molecule has 0 nitrogen and oxygen atoms in total. The summed E-state index contributed by atoms with van der Waals surface area (Å²) in [7, 11) is 0. The molecule has 1 aliphatic rings. The molecule has 0 saturated carbocycles. The molecule has 0 aromatic heterocycles. The molecule has 0 unspecified atom stereocenters. The minimum atomic E-state index is 0.409. The van der Waals surface area contributed by atoms with Gasteiger partial charge in [-0.1, -0.05) is 72.8 Å². The van der Waals surface area contributed by atoms with Crippen molar-refractivity contribution in [2.75, 3.05) is 0 Å². The van der Waals surface area contributed by atoms with E-state index in [0.717, 1.165) is 0 Å². The molecule has 0 fully saturated rings. The Morgan fingerprint density at radius 2 is 1.05 bits per heavy atom. The summed E-state index contributed by atoms with van der Waals surface area (Å²) in [4.78, 5) is 0. The highest BCUT2D eigenvalue weighted by Gasteiger charge is 2.30. The maximum Gasteiger partial charge on any atom is -0.0211 e. The largest absolute Gasteiger partial charge is 0.0885 e. The molecule has 0 bridgehead atoms. The van der Waals surface area contributed by atoms with Crippen LogP contribution in [0.2, 0.25) is 0 Å². The Balaban J connectivity index is 1.84. The molecule has 1 aliphatic carbocycles. The third kappa shape index (κ3) is 3.85. The lowest BCUT2D eigenvalue weighted by atomic mass is 9.71. The maximum absolute atomic E-state index is 2.37. The lowest BCUT2D eigenvalue weighted by Gasteiger charge is -2.33. The molecule has 0 heterocycles. The highest BCUT2D eigenvalue weighted by molar-refractivity contribution is 5.21. The number of hydrogen-bond donors (Lipinski definition) is 0. The summed E-state index contributed by atoms with van der Waals surface area (Å²) in [5.41, 5.74) is 3.37. The van der Waals surface area contributed by atoms with Gasteiger partial charge in [-0.05, 0) is 55.1 Å². The predicted octanol–water partition coefficient (Wildman–Crippen LogP) is 5.59. The van der Waals surface area contributed by atoms with Crippen molar-refractivity contribution in [1.29, 1.82) is 0 Å². The van der Waals surface area contributed by atoms with E-state index in [1.165, 1.54) is 49.7 Å². The van der Waals surface area contributed by atoms with Crippen LogP contribution in [0, 0.1) is 5.41 Å². The lowest BCUT2D eigenvalue weighted by molar-refractivity contribution is 0.243. The molecule has 21 heavy (non-hydrogen) atoms. The van der Waals surface area contributed by atoms with Crippen molar-refractivity contribution in [3.05, 3.63) is 83.9 Å². The Kier molecular flexibility index (Phi) is 4.55. The molecule has 2 aromatic rings. The van der Waals surface area contributed by atoms with Crippen LogP contribution in [0.1, 0.15) is 36.8 Å². The number of benzene rings is 2. The van der Waals surface area contributed by atoms with Crippen LogP contribution in [0.5, 0.6) is 0 Å². The standard InChI is InChI=1S/C21H24/c1-2-10-16-21(15-9-1,17-19-11-5-3-6-12-19)18-20-13-7-4-8-14-20/h1-8,11-14H,9-10,15-18H2. The molecular weight excluding hydrogens is 252 g/mol. The first-order chi connectivity index (χ1) is 10.4. The van der Waals surface area contributed by atoms with Crippen LogP contribution in [-0.4, -0.2) is 0 Å². The lowest BCUT2D eigenvalue weighted by Crippen LogP contribution is -2.26. The molecule has 108 valence electrons. The van der Waals surface area contributed by atoms with Gasteiger partial charge in [0.25, 0.3) is 0 Å². The second-order valence-corrected chi connectivity index (χ2v) is 6.37. The van der Waals surface area contributed by atoms with E-state index in [9.17, 15) is 0 Å². The van der Waals surface area contributed by atoms with Gasteiger partial charge in [-0.2, -0.15) is 0 Å². The van der Waals surface area contributed by atoms with Gasteiger partial charge in [0.1, 0.15) is 0 Å². The van der Waals surface area contributed by atoms with Crippen molar-refractivity contribution in [2.45, 2.75) is 38.5 Å². The third-order valence-electron chi connectivity index (χ3n) is 4.69. The highest BCUT2D eigenvalue weighted by atomic mass is 14.3. The summed E-state index contributed by atoms with van der Waals surface area (Å²) in [6, 6.07) is 22.0. The first-order valence-electron chi connectivity index (χ1n) is 8.09. The Bertz CT molecular complexity index is 512. The number of rotatable bonds is 4. The van der Waals surface area contributed by atoms with Gasteiger partial charge in [0.15, 0.2) is 0 Å². The molecule has 0 saturated heterocycles. The molecular formula is C21H24. The van der Waals surface area contributed by atoms with E-state index in [4.69, 9.17) is 0 Å². The molecule has 0 heteroatoms. The normalized spacial score (nSPS) is 17.3. The number of hydrogen-bond acceptors (Lipinski definition) is 0. The van der Waals surface area contributed by atoms with Crippen molar-refractivity contribution < 1.29 is 0 Å². The van der Waals surface area contributed by atoms with Gasteiger partial charge in [-0.15, -0.1) is 0 Å². The Hall–Kier alpha value is -1.82. The first kappa shape index (κ1) is 14.1. The van der Waals surface area contributed by atoms with Gasteiger partial charge >= 0.3 is 0 Å². The predicted molar refractivity (Wildman–Crippen MR) is 90.3 cm³/mol. The summed E-state index contributed by atoms with van der Waals surface area (Å²) in [5.74, 6) is 0. The van der Waals surface area contributed by atoms with Crippen LogP contribution in [-0.2, 0) is 12.8 Å². The van der Waals surface area contributed by atoms with E-state index in [2.05, 4.69) is 72.8 Å². The van der Waals surface area contributed by atoms with E-state index in [1.807, 2.05) is 0 Å². The fraction of sp³-hybridized carbons (Fsp3) is 0.333. The van der Waals surface area contributed by atoms with Crippen LogP contribution >= 0.6 is 0 Å².